The van der Waals surface area contributed by atoms with Gasteiger partial charge >= 0.3 is 5.97 Å². The highest BCUT2D eigenvalue weighted by Crippen LogP contribution is 2.20. The van der Waals surface area contributed by atoms with Crippen LogP contribution in [-0.2, 0) is 19.4 Å². The molecule has 0 radical (unpaired) electrons. The van der Waals surface area contributed by atoms with Crippen molar-refractivity contribution in [2.75, 3.05) is 11.5 Å². The van der Waals surface area contributed by atoms with Gasteiger partial charge in [-0.15, -0.1) is 0 Å². The number of rotatable bonds is 5. The highest BCUT2D eigenvalue weighted by molar-refractivity contribution is 7.91. The molecule has 1 aliphatic heterocycles. The predicted molar refractivity (Wildman–Crippen MR) is 70.4 cm³/mol. The number of hydrogen-bond donors (Lipinski definition) is 2. The van der Waals surface area contributed by atoms with Gasteiger partial charge in [0.2, 0.25) is 5.91 Å². The van der Waals surface area contributed by atoms with E-state index >= 15 is 0 Å². The fourth-order valence-corrected chi connectivity index (χ4v) is 3.60. The minimum Gasteiger partial charge on any atom is -0.480 e. The molecule has 0 aromatic carbocycles. The molecule has 1 heterocycles. The fourth-order valence-electron chi connectivity index (χ4n) is 2.11. The Morgan fingerprint density at radius 1 is 1.32 bits per heavy atom. The van der Waals surface area contributed by atoms with E-state index in [2.05, 4.69) is 5.32 Å². The smallest absolute Gasteiger partial charge is 0.326 e. The molecule has 110 valence electrons. The van der Waals surface area contributed by atoms with Crippen molar-refractivity contribution in [1.82, 2.24) is 5.32 Å². The van der Waals surface area contributed by atoms with E-state index in [0.29, 0.717) is 6.42 Å². The zero-order valence-corrected chi connectivity index (χ0v) is 12.1. The first kappa shape index (κ1) is 15.9. The number of nitrogens with one attached hydrogen (secondary N) is 1. The zero-order chi connectivity index (χ0) is 14.6. The summed E-state index contributed by atoms with van der Waals surface area (Å²) >= 11 is 0. The minimum atomic E-state index is -3.01. The topological polar surface area (TPSA) is 101 Å². The Morgan fingerprint density at radius 2 is 1.84 bits per heavy atom. The van der Waals surface area contributed by atoms with E-state index < -0.39 is 27.8 Å². The van der Waals surface area contributed by atoms with Crippen molar-refractivity contribution in [3.63, 3.8) is 0 Å². The maximum absolute atomic E-state index is 12.0. The molecular formula is C12H21NO5S. The van der Waals surface area contributed by atoms with Gasteiger partial charge in [-0.1, -0.05) is 20.3 Å². The van der Waals surface area contributed by atoms with Gasteiger partial charge in [-0.2, -0.15) is 0 Å². The Kier molecular flexibility index (Phi) is 5.34. The molecule has 2 atom stereocenters. The van der Waals surface area contributed by atoms with Gasteiger partial charge in [-0.25, -0.2) is 13.2 Å². The first-order chi connectivity index (χ1) is 8.76. The summed E-state index contributed by atoms with van der Waals surface area (Å²) in [5.41, 5.74) is 0. The third-order valence-corrected chi connectivity index (χ3v) is 5.42. The lowest BCUT2D eigenvalue weighted by molar-refractivity contribution is -0.144. The van der Waals surface area contributed by atoms with E-state index in [9.17, 15) is 18.0 Å². The van der Waals surface area contributed by atoms with Crippen LogP contribution in [0.2, 0.25) is 0 Å². The number of carboxylic acid groups (broad SMARTS) is 1. The second-order valence-corrected chi connectivity index (χ2v) is 7.44. The second kappa shape index (κ2) is 6.36. The molecule has 1 amide bonds. The molecule has 0 saturated carbocycles. The average molecular weight is 291 g/mol. The van der Waals surface area contributed by atoms with Crippen LogP contribution in [0.5, 0.6) is 0 Å². The van der Waals surface area contributed by atoms with Gasteiger partial charge in [0, 0.05) is 5.92 Å². The van der Waals surface area contributed by atoms with Crippen LogP contribution in [-0.4, -0.2) is 42.9 Å². The standard InChI is InChI=1S/C12H21NO5S/c1-3-8(2)10(12(15)16)13-11(14)9-4-6-19(17,18)7-5-9/h8-10H,3-7H2,1-2H3,(H,13,14)(H,15,16). The highest BCUT2D eigenvalue weighted by atomic mass is 32.2. The minimum absolute atomic E-state index is 0.00611. The third kappa shape index (κ3) is 4.49. The Morgan fingerprint density at radius 3 is 2.26 bits per heavy atom. The monoisotopic (exact) mass is 291 g/mol. The van der Waals surface area contributed by atoms with Gasteiger partial charge < -0.3 is 10.4 Å². The average Bonchev–Trinajstić information content (AvgIpc) is 2.34. The molecule has 0 spiro atoms. The molecule has 0 aromatic heterocycles. The van der Waals surface area contributed by atoms with Gasteiger partial charge in [0.15, 0.2) is 0 Å². The maximum atomic E-state index is 12.0. The third-order valence-electron chi connectivity index (χ3n) is 3.70. The van der Waals surface area contributed by atoms with E-state index in [0.717, 1.165) is 0 Å². The van der Waals surface area contributed by atoms with Crippen LogP contribution in [0, 0.1) is 11.8 Å². The van der Waals surface area contributed by atoms with Crippen LogP contribution in [0.3, 0.4) is 0 Å². The maximum Gasteiger partial charge on any atom is 0.326 e. The van der Waals surface area contributed by atoms with E-state index in [1.165, 1.54) is 0 Å². The largest absolute Gasteiger partial charge is 0.480 e. The number of carbonyl (C=O) groups excluding carboxylic acids is 1. The molecule has 0 aromatic rings. The van der Waals surface area contributed by atoms with Gasteiger partial charge in [0.1, 0.15) is 15.9 Å². The van der Waals surface area contributed by atoms with Crippen molar-refractivity contribution in [3.05, 3.63) is 0 Å². The molecule has 1 aliphatic rings. The lowest BCUT2D eigenvalue weighted by Gasteiger charge is -2.25. The molecular weight excluding hydrogens is 270 g/mol. The summed E-state index contributed by atoms with van der Waals surface area (Å²) in [7, 11) is -3.01. The molecule has 0 aliphatic carbocycles. The van der Waals surface area contributed by atoms with Crippen LogP contribution in [0.1, 0.15) is 33.1 Å². The lowest BCUT2D eigenvalue weighted by Crippen LogP contribution is -2.48. The molecule has 0 bridgehead atoms. The molecule has 2 unspecified atom stereocenters. The number of carbonyl (C=O) groups is 2. The van der Waals surface area contributed by atoms with Crippen molar-refractivity contribution in [1.29, 1.82) is 0 Å². The van der Waals surface area contributed by atoms with E-state index in [1.807, 2.05) is 6.92 Å². The molecule has 1 rings (SSSR count). The molecule has 19 heavy (non-hydrogen) atoms. The van der Waals surface area contributed by atoms with Crippen LogP contribution in [0.15, 0.2) is 0 Å². The van der Waals surface area contributed by atoms with Crippen molar-refractivity contribution in [2.45, 2.75) is 39.2 Å². The Balaban J connectivity index is 2.61. The fraction of sp³-hybridized carbons (Fsp3) is 0.833. The van der Waals surface area contributed by atoms with Crippen molar-refractivity contribution in [3.8, 4) is 0 Å². The molecule has 6 nitrogen and oxygen atoms in total. The van der Waals surface area contributed by atoms with Crippen LogP contribution in [0.25, 0.3) is 0 Å². The van der Waals surface area contributed by atoms with Gasteiger partial charge in [-0.05, 0) is 18.8 Å². The Hall–Kier alpha value is -1.11. The summed E-state index contributed by atoms with van der Waals surface area (Å²) < 4.78 is 22.6. The number of carboxylic acids is 1. The summed E-state index contributed by atoms with van der Waals surface area (Å²) in [4.78, 5) is 23.1. The highest BCUT2D eigenvalue weighted by Gasteiger charge is 2.32. The van der Waals surface area contributed by atoms with Gasteiger partial charge in [0.05, 0.1) is 11.5 Å². The number of sulfone groups is 1. The van der Waals surface area contributed by atoms with Gasteiger partial charge in [0.25, 0.3) is 0 Å². The SMILES string of the molecule is CCC(C)C(NC(=O)C1CCS(=O)(=O)CC1)C(=O)O. The zero-order valence-electron chi connectivity index (χ0n) is 11.3. The predicted octanol–water partition coefficient (Wildman–Crippen LogP) is 0.427. The Bertz CT molecular complexity index is 431. The summed E-state index contributed by atoms with van der Waals surface area (Å²) in [5, 5.41) is 11.6. The molecule has 1 saturated heterocycles. The molecule has 7 heteroatoms. The first-order valence-corrected chi connectivity index (χ1v) is 8.32. The van der Waals surface area contributed by atoms with Crippen LogP contribution < -0.4 is 5.32 Å². The Labute approximate surface area is 113 Å². The first-order valence-electron chi connectivity index (χ1n) is 6.50. The van der Waals surface area contributed by atoms with Crippen LogP contribution in [0.4, 0.5) is 0 Å². The lowest BCUT2D eigenvalue weighted by atomic mass is 9.96. The summed E-state index contributed by atoms with van der Waals surface area (Å²) in [5.74, 6) is -1.94. The van der Waals surface area contributed by atoms with E-state index in [4.69, 9.17) is 5.11 Å². The van der Waals surface area contributed by atoms with E-state index in [1.54, 1.807) is 6.92 Å². The normalized spacial score (nSPS) is 22.4. The van der Waals surface area contributed by atoms with Crippen molar-refractivity contribution < 1.29 is 23.1 Å². The van der Waals surface area contributed by atoms with E-state index in [-0.39, 0.29) is 36.2 Å². The van der Waals surface area contributed by atoms with Crippen LogP contribution >= 0.6 is 0 Å². The van der Waals surface area contributed by atoms with Gasteiger partial charge in [-0.3, -0.25) is 4.79 Å². The number of aliphatic carboxylic acids is 1. The van der Waals surface area contributed by atoms with Crippen molar-refractivity contribution in [2.24, 2.45) is 11.8 Å². The quantitative estimate of drug-likeness (QED) is 0.765. The summed E-state index contributed by atoms with van der Waals surface area (Å²) in [6.07, 6.45) is 1.21. The summed E-state index contributed by atoms with van der Waals surface area (Å²) in [6, 6.07) is -0.906. The van der Waals surface area contributed by atoms with Crippen molar-refractivity contribution >= 4 is 21.7 Å². The number of amides is 1. The molecule has 2 N–H and O–H groups in total. The number of hydrogen-bond acceptors (Lipinski definition) is 4. The second-order valence-electron chi connectivity index (χ2n) is 5.14. The molecule has 1 fully saturated rings. The summed E-state index contributed by atoms with van der Waals surface area (Å²) in [6.45, 7) is 3.63.